The minimum atomic E-state index is -3.62. The lowest BCUT2D eigenvalue weighted by Gasteiger charge is -2.24. The smallest absolute Gasteiger partial charge is 0.241 e. The Balaban J connectivity index is 3.08. The molecule has 2 N–H and O–H groups in total. The van der Waals surface area contributed by atoms with Crippen LogP contribution < -0.4 is 9.46 Å². The molecule has 0 saturated carbocycles. The van der Waals surface area contributed by atoms with Crippen molar-refractivity contribution >= 4 is 10.0 Å². The van der Waals surface area contributed by atoms with Gasteiger partial charge in [0.05, 0.1) is 18.1 Å². The van der Waals surface area contributed by atoms with Gasteiger partial charge in [-0.1, -0.05) is 13.8 Å². The zero-order chi connectivity index (χ0) is 16.1. The third kappa shape index (κ3) is 4.98. The number of hydrogen-bond acceptors (Lipinski definition) is 4. The quantitative estimate of drug-likeness (QED) is 0.772. The van der Waals surface area contributed by atoms with E-state index in [2.05, 4.69) is 4.72 Å². The minimum Gasteiger partial charge on any atom is -0.493 e. The molecule has 21 heavy (non-hydrogen) atoms. The van der Waals surface area contributed by atoms with Gasteiger partial charge < -0.3 is 9.84 Å². The number of sulfonamides is 1. The summed E-state index contributed by atoms with van der Waals surface area (Å²) in [6.45, 7) is 7.82. The van der Waals surface area contributed by atoms with Gasteiger partial charge in [0.15, 0.2) is 0 Å². The Morgan fingerprint density at radius 1 is 1.29 bits per heavy atom. The van der Waals surface area contributed by atoms with Crippen LogP contribution in [0.15, 0.2) is 23.1 Å². The Morgan fingerprint density at radius 2 is 1.95 bits per heavy atom. The van der Waals surface area contributed by atoms with Gasteiger partial charge in [-0.25, -0.2) is 13.1 Å². The molecule has 0 bridgehead atoms. The monoisotopic (exact) mass is 315 g/mol. The predicted octanol–water partition coefficient (Wildman–Crippen LogP) is 2.43. The maximum absolute atomic E-state index is 12.4. The van der Waals surface area contributed by atoms with Crippen LogP contribution in [0, 0.1) is 0 Å². The van der Waals surface area contributed by atoms with Crippen LogP contribution in [0.2, 0.25) is 0 Å². The van der Waals surface area contributed by atoms with Crippen molar-refractivity contribution in [3.05, 3.63) is 23.8 Å². The maximum atomic E-state index is 12.4. The molecule has 1 aromatic carbocycles. The van der Waals surface area contributed by atoms with Crippen molar-refractivity contribution in [3.8, 4) is 5.75 Å². The molecule has 0 aliphatic heterocycles. The lowest BCUT2D eigenvalue weighted by atomic mass is 10.0. The molecule has 0 spiro atoms. The molecular weight excluding hydrogens is 290 g/mol. The molecule has 1 aromatic rings. The fourth-order valence-corrected chi connectivity index (χ4v) is 3.23. The fourth-order valence-electron chi connectivity index (χ4n) is 1.69. The third-order valence-electron chi connectivity index (χ3n) is 3.27. The van der Waals surface area contributed by atoms with Crippen LogP contribution in [-0.2, 0) is 16.6 Å². The van der Waals surface area contributed by atoms with E-state index in [1.165, 1.54) is 12.1 Å². The Kier molecular flexibility index (Phi) is 6.19. The summed E-state index contributed by atoms with van der Waals surface area (Å²) in [5.41, 5.74) is -0.0455. The Morgan fingerprint density at radius 3 is 2.48 bits per heavy atom. The molecule has 6 heteroatoms. The van der Waals surface area contributed by atoms with Crippen LogP contribution in [0.5, 0.6) is 5.75 Å². The van der Waals surface area contributed by atoms with Gasteiger partial charge in [0, 0.05) is 11.1 Å². The van der Waals surface area contributed by atoms with Crippen LogP contribution in [-0.4, -0.2) is 25.7 Å². The molecule has 0 heterocycles. The number of ether oxygens (including phenoxy) is 1. The summed E-state index contributed by atoms with van der Waals surface area (Å²) in [4.78, 5) is 0.136. The van der Waals surface area contributed by atoms with Gasteiger partial charge in [-0.3, -0.25) is 0 Å². The molecule has 0 amide bonds. The molecule has 0 fully saturated rings. The third-order valence-corrected chi connectivity index (χ3v) is 4.96. The molecule has 0 aliphatic carbocycles. The first kappa shape index (κ1) is 17.9. The van der Waals surface area contributed by atoms with E-state index in [0.29, 0.717) is 24.3 Å². The second-order valence-corrected chi connectivity index (χ2v) is 7.30. The van der Waals surface area contributed by atoms with Gasteiger partial charge in [0.1, 0.15) is 5.75 Å². The normalized spacial score (nSPS) is 12.4. The first-order valence-corrected chi connectivity index (χ1v) is 8.64. The summed E-state index contributed by atoms with van der Waals surface area (Å²) in [5, 5.41) is 9.39. The SMILES string of the molecule is CCCOc1ccc(S(=O)(=O)NC(C)(C)CC)cc1CO. The van der Waals surface area contributed by atoms with Gasteiger partial charge in [-0.05, 0) is 44.9 Å². The van der Waals surface area contributed by atoms with E-state index in [0.717, 1.165) is 6.42 Å². The van der Waals surface area contributed by atoms with Crippen molar-refractivity contribution in [2.75, 3.05) is 6.61 Å². The number of aliphatic hydroxyl groups excluding tert-OH is 1. The molecular formula is C15H25NO4S. The summed E-state index contributed by atoms with van der Waals surface area (Å²) in [7, 11) is -3.62. The molecule has 0 saturated heterocycles. The summed E-state index contributed by atoms with van der Waals surface area (Å²) in [5.74, 6) is 0.521. The molecule has 120 valence electrons. The summed E-state index contributed by atoms with van der Waals surface area (Å²) in [6, 6.07) is 4.55. The van der Waals surface area contributed by atoms with Crippen LogP contribution in [0.1, 0.15) is 46.1 Å². The highest BCUT2D eigenvalue weighted by Gasteiger charge is 2.25. The Labute approximate surface area is 127 Å². The van der Waals surface area contributed by atoms with Crippen molar-refractivity contribution < 1.29 is 18.3 Å². The lowest BCUT2D eigenvalue weighted by Crippen LogP contribution is -2.42. The van der Waals surface area contributed by atoms with Gasteiger partial charge in [0.2, 0.25) is 10.0 Å². The van der Waals surface area contributed by atoms with E-state index in [-0.39, 0.29) is 11.5 Å². The first-order valence-electron chi connectivity index (χ1n) is 7.16. The zero-order valence-electron chi connectivity index (χ0n) is 13.1. The average molecular weight is 315 g/mol. The maximum Gasteiger partial charge on any atom is 0.241 e. The number of aliphatic hydroxyl groups is 1. The summed E-state index contributed by atoms with van der Waals surface area (Å²) in [6.07, 6.45) is 1.52. The van der Waals surface area contributed by atoms with Crippen molar-refractivity contribution in [3.63, 3.8) is 0 Å². The van der Waals surface area contributed by atoms with Gasteiger partial charge in [0.25, 0.3) is 0 Å². The lowest BCUT2D eigenvalue weighted by molar-refractivity contribution is 0.262. The van der Waals surface area contributed by atoms with Gasteiger partial charge in [-0.15, -0.1) is 0 Å². The Bertz CT molecular complexity index is 567. The van der Waals surface area contributed by atoms with Gasteiger partial charge in [-0.2, -0.15) is 0 Å². The molecule has 0 atom stereocenters. The van der Waals surface area contributed by atoms with Crippen molar-refractivity contribution in [2.45, 2.75) is 57.6 Å². The van der Waals surface area contributed by atoms with E-state index in [9.17, 15) is 13.5 Å². The van der Waals surface area contributed by atoms with E-state index >= 15 is 0 Å². The predicted molar refractivity (Wildman–Crippen MR) is 82.8 cm³/mol. The van der Waals surface area contributed by atoms with E-state index < -0.39 is 15.6 Å². The Hall–Kier alpha value is -1.11. The van der Waals surface area contributed by atoms with Crippen molar-refractivity contribution in [2.24, 2.45) is 0 Å². The second kappa shape index (κ2) is 7.24. The molecule has 5 nitrogen and oxygen atoms in total. The van der Waals surface area contributed by atoms with Crippen molar-refractivity contribution in [1.82, 2.24) is 4.72 Å². The molecule has 0 radical (unpaired) electrons. The standard InChI is InChI=1S/C15H25NO4S/c1-5-9-20-14-8-7-13(10-12(14)11-17)21(18,19)16-15(3,4)6-2/h7-8,10,16-17H,5-6,9,11H2,1-4H3. The minimum absolute atomic E-state index is 0.136. The van der Waals surface area contributed by atoms with Crippen LogP contribution in [0.25, 0.3) is 0 Å². The molecule has 0 unspecified atom stereocenters. The summed E-state index contributed by atoms with van der Waals surface area (Å²) < 4.78 is 32.9. The van der Waals surface area contributed by atoms with Crippen molar-refractivity contribution in [1.29, 1.82) is 0 Å². The average Bonchev–Trinajstić information content (AvgIpc) is 2.43. The number of benzene rings is 1. The summed E-state index contributed by atoms with van der Waals surface area (Å²) >= 11 is 0. The molecule has 0 aromatic heterocycles. The topological polar surface area (TPSA) is 75.6 Å². The molecule has 1 rings (SSSR count). The van der Waals surface area contributed by atoms with E-state index in [1.54, 1.807) is 6.07 Å². The largest absolute Gasteiger partial charge is 0.493 e. The fraction of sp³-hybridized carbons (Fsp3) is 0.600. The van der Waals surface area contributed by atoms with Crippen LogP contribution in [0.4, 0.5) is 0 Å². The highest BCUT2D eigenvalue weighted by Crippen LogP contribution is 2.24. The van der Waals surface area contributed by atoms with E-state index in [1.807, 2.05) is 27.7 Å². The first-order chi connectivity index (χ1) is 9.75. The van der Waals surface area contributed by atoms with E-state index in [4.69, 9.17) is 4.74 Å². The highest BCUT2D eigenvalue weighted by molar-refractivity contribution is 7.89. The highest BCUT2D eigenvalue weighted by atomic mass is 32.2. The second-order valence-electron chi connectivity index (χ2n) is 5.62. The number of rotatable bonds is 8. The number of nitrogens with one attached hydrogen (secondary N) is 1. The van der Waals surface area contributed by atoms with Gasteiger partial charge >= 0.3 is 0 Å². The molecule has 0 aliphatic rings. The number of hydrogen-bond donors (Lipinski definition) is 2. The zero-order valence-corrected chi connectivity index (χ0v) is 14.0. The van der Waals surface area contributed by atoms with Crippen LogP contribution in [0.3, 0.4) is 0 Å². The van der Waals surface area contributed by atoms with Crippen LogP contribution >= 0.6 is 0 Å².